The van der Waals surface area contributed by atoms with E-state index in [1.165, 1.54) is 25.0 Å². The second-order valence-electron chi connectivity index (χ2n) is 3.83. The van der Waals surface area contributed by atoms with Crippen molar-refractivity contribution in [2.45, 2.75) is 44.0 Å². The van der Waals surface area contributed by atoms with Crippen molar-refractivity contribution in [1.29, 1.82) is 0 Å². The lowest BCUT2D eigenvalue weighted by Gasteiger charge is -2.21. The number of thioether (sulfide) groups is 1. The Bertz CT molecular complexity index is 124. The summed E-state index contributed by atoms with van der Waals surface area (Å²) in [5.41, 5.74) is 0. The van der Waals surface area contributed by atoms with E-state index in [0.29, 0.717) is 0 Å². The zero-order chi connectivity index (χ0) is 9.52. The van der Waals surface area contributed by atoms with Crippen molar-refractivity contribution in [3.05, 3.63) is 0 Å². The lowest BCUT2D eigenvalue weighted by Crippen LogP contribution is -2.28. The van der Waals surface area contributed by atoms with Gasteiger partial charge in [-0.3, -0.25) is 0 Å². The maximum atomic E-state index is 9.04. The smallest absolute Gasteiger partial charge is 0.0524 e. The van der Waals surface area contributed by atoms with E-state index < -0.39 is 0 Å². The van der Waals surface area contributed by atoms with Crippen molar-refractivity contribution in [3.63, 3.8) is 0 Å². The standard InChI is InChI=1S/C10H21NOS/c1-9(12)5-6-11-8-10-4-2-3-7-13-10/h9-12H,2-8H2,1H3. The molecule has 0 aromatic carbocycles. The molecule has 0 aromatic rings. The molecule has 0 spiro atoms. The summed E-state index contributed by atoms with van der Waals surface area (Å²) in [4.78, 5) is 0. The predicted octanol–water partition coefficient (Wildman–Crippen LogP) is 1.63. The average Bonchev–Trinajstić information content (AvgIpc) is 2.14. The zero-order valence-electron chi connectivity index (χ0n) is 8.46. The Morgan fingerprint density at radius 3 is 3.00 bits per heavy atom. The highest BCUT2D eigenvalue weighted by atomic mass is 32.2. The Hall–Kier alpha value is 0.270. The molecule has 1 saturated heterocycles. The van der Waals surface area contributed by atoms with Gasteiger partial charge in [0, 0.05) is 11.8 Å². The van der Waals surface area contributed by atoms with E-state index in [1.807, 2.05) is 6.92 Å². The number of aliphatic hydroxyl groups is 1. The number of aliphatic hydroxyl groups excluding tert-OH is 1. The van der Waals surface area contributed by atoms with Gasteiger partial charge in [0.25, 0.3) is 0 Å². The van der Waals surface area contributed by atoms with Gasteiger partial charge >= 0.3 is 0 Å². The Morgan fingerprint density at radius 2 is 2.38 bits per heavy atom. The van der Waals surface area contributed by atoms with Crippen LogP contribution in [-0.2, 0) is 0 Å². The predicted molar refractivity (Wildman–Crippen MR) is 59.3 cm³/mol. The molecule has 3 heteroatoms. The van der Waals surface area contributed by atoms with Crippen LogP contribution in [0.25, 0.3) is 0 Å². The summed E-state index contributed by atoms with van der Waals surface area (Å²) >= 11 is 2.10. The van der Waals surface area contributed by atoms with Crippen LogP contribution < -0.4 is 5.32 Å². The van der Waals surface area contributed by atoms with Crippen LogP contribution in [0.1, 0.15) is 32.6 Å². The molecule has 2 N–H and O–H groups in total. The van der Waals surface area contributed by atoms with Crippen LogP contribution >= 0.6 is 11.8 Å². The summed E-state index contributed by atoms with van der Waals surface area (Å²) in [7, 11) is 0. The molecule has 1 fully saturated rings. The first-order valence-corrected chi connectivity index (χ1v) is 6.34. The minimum Gasteiger partial charge on any atom is -0.393 e. The first-order valence-electron chi connectivity index (χ1n) is 5.29. The van der Waals surface area contributed by atoms with Crippen LogP contribution in [0.2, 0.25) is 0 Å². The summed E-state index contributed by atoms with van der Waals surface area (Å²) in [5.74, 6) is 1.34. The van der Waals surface area contributed by atoms with Gasteiger partial charge in [-0.05, 0) is 38.5 Å². The molecule has 0 aromatic heterocycles. The second kappa shape index (κ2) is 6.68. The average molecular weight is 203 g/mol. The van der Waals surface area contributed by atoms with Crippen molar-refractivity contribution in [2.75, 3.05) is 18.8 Å². The van der Waals surface area contributed by atoms with Gasteiger partial charge in [-0.2, -0.15) is 11.8 Å². The van der Waals surface area contributed by atoms with Crippen molar-refractivity contribution in [1.82, 2.24) is 5.32 Å². The lowest BCUT2D eigenvalue weighted by molar-refractivity contribution is 0.184. The van der Waals surface area contributed by atoms with Gasteiger partial charge in [0.15, 0.2) is 0 Å². The Balaban J connectivity index is 1.92. The summed E-state index contributed by atoms with van der Waals surface area (Å²) < 4.78 is 0. The van der Waals surface area contributed by atoms with Crippen molar-refractivity contribution >= 4 is 11.8 Å². The summed E-state index contributed by atoms with van der Waals surface area (Å²) in [6.07, 6.45) is 4.88. The molecule has 0 aliphatic carbocycles. The molecule has 13 heavy (non-hydrogen) atoms. The van der Waals surface area contributed by atoms with Gasteiger partial charge in [-0.25, -0.2) is 0 Å². The number of hydrogen-bond acceptors (Lipinski definition) is 3. The third-order valence-corrected chi connectivity index (χ3v) is 3.78. The molecular formula is C10H21NOS. The summed E-state index contributed by atoms with van der Waals surface area (Å²) in [6.45, 7) is 3.92. The molecule has 78 valence electrons. The number of hydrogen-bond donors (Lipinski definition) is 2. The molecule has 2 atom stereocenters. The fourth-order valence-electron chi connectivity index (χ4n) is 1.54. The van der Waals surface area contributed by atoms with Crippen molar-refractivity contribution < 1.29 is 5.11 Å². The van der Waals surface area contributed by atoms with Gasteiger partial charge in [0.2, 0.25) is 0 Å². The molecule has 1 heterocycles. The number of rotatable bonds is 5. The van der Waals surface area contributed by atoms with Gasteiger partial charge in [-0.15, -0.1) is 0 Å². The van der Waals surface area contributed by atoms with Crippen molar-refractivity contribution in [2.24, 2.45) is 0 Å². The molecule has 2 nitrogen and oxygen atoms in total. The third-order valence-electron chi connectivity index (χ3n) is 2.38. The fraction of sp³-hybridized carbons (Fsp3) is 1.00. The van der Waals surface area contributed by atoms with Crippen LogP contribution in [0.4, 0.5) is 0 Å². The molecule has 0 radical (unpaired) electrons. The zero-order valence-corrected chi connectivity index (χ0v) is 9.28. The topological polar surface area (TPSA) is 32.3 Å². The molecule has 0 saturated carbocycles. The summed E-state index contributed by atoms with van der Waals surface area (Å²) in [6, 6.07) is 0. The molecule has 1 aliphatic heterocycles. The van der Waals surface area contributed by atoms with Gasteiger partial charge in [0.05, 0.1) is 6.10 Å². The SMILES string of the molecule is CC(O)CCNCC1CCCCS1. The van der Waals surface area contributed by atoms with E-state index in [4.69, 9.17) is 5.11 Å². The van der Waals surface area contributed by atoms with Gasteiger partial charge < -0.3 is 10.4 Å². The molecule has 1 aliphatic rings. The van der Waals surface area contributed by atoms with E-state index in [-0.39, 0.29) is 6.10 Å². The quantitative estimate of drug-likeness (QED) is 0.666. The highest BCUT2D eigenvalue weighted by Gasteiger charge is 2.12. The molecule has 1 rings (SSSR count). The Labute approximate surface area is 85.5 Å². The van der Waals surface area contributed by atoms with E-state index in [2.05, 4.69) is 17.1 Å². The maximum absolute atomic E-state index is 9.04. The highest BCUT2D eigenvalue weighted by Crippen LogP contribution is 2.24. The third kappa shape index (κ3) is 5.55. The van der Waals surface area contributed by atoms with E-state index in [0.717, 1.165) is 24.8 Å². The van der Waals surface area contributed by atoms with Crippen LogP contribution in [-0.4, -0.2) is 35.3 Å². The second-order valence-corrected chi connectivity index (χ2v) is 5.24. The maximum Gasteiger partial charge on any atom is 0.0524 e. The van der Waals surface area contributed by atoms with Gasteiger partial charge in [-0.1, -0.05) is 6.42 Å². The molecule has 0 bridgehead atoms. The summed E-state index contributed by atoms with van der Waals surface area (Å²) in [5, 5.41) is 13.3. The van der Waals surface area contributed by atoms with Crippen LogP contribution in [0.15, 0.2) is 0 Å². The minimum atomic E-state index is -0.161. The fourth-order valence-corrected chi connectivity index (χ4v) is 2.82. The molecular weight excluding hydrogens is 182 g/mol. The normalized spacial score (nSPS) is 25.8. The molecule has 2 unspecified atom stereocenters. The van der Waals surface area contributed by atoms with Crippen molar-refractivity contribution in [3.8, 4) is 0 Å². The minimum absolute atomic E-state index is 0.161. The lowest BCUT2D eigenvalue weighted by atomic mass is 10.2. The van der Waals surface area contributed by atoms with E-state index in [9.17, 15) is 0 Å². The Kier molecular flexibility index (Phi) is 5.83. The first kappa shape index (κ1) is 11.3. The van der Waals surface area contributed by atoms with Crippen LogP contribution in [0.3, 0.4) is 0 Å². The van der Waals surface area contributed by atoms with Crippen LogP contribution in [0.5, 0.6) is 0 Å². The first-order chi connectivity index (χ1) is 6.29. The Morgan fingerprint density at radius 1 is 1.54 bits per heavy atom. The van der Waals surface area contributed by atoms with E-state index in [1.54, 1.807) is 0 Å². The van der Waals surface area contributed by atoms with Gasteiger partial charge in [0.1, 0.15) is 0 Å². The number of nitrogens with one attached hydrogen (secondary N) is 1. The monoisotopic (exact) mass is 203 g/mol. The van der Waals surface area contributed by atoms with Crippen LogP contribution in [0, 0.1) is 0 Å². The van der Waals surface area contributed by atoms with E-state index >= 15 is 0 Å². The highest BCUT2D eigenvalue weighted by molar-refractivity contribution is 7.99. The largest absolute Gasteiger partial charge is 0.393 e. The molecule has 0 amide bonds.